The molecule has 4 rings (SSSR count). The van der Waals surface area contributed by atoms with E-state index in [9.17, 15) is 0 Å². The summed E-state index contributed by atoms with van der Waals surface area (Å²) in [6.07, 6.45) is 7.58. The SMILES string of the molecule is c1nc2c(n1CC1CC1)[C@@H](COCC1CC1)CNC2. The molecule has 1 aromatic heterocycles. The van der Waals surface area contributed by atoms with Crippen LogP contribution in [0, 0.1) is 11.8 Å². The highest BCUT2D eigenvalue weighted by atomic mass is 16.5. The van der Waals surface area contributed by atoms with Crippen molar-refractivity contribution in [3.05, 3.63) is 17.7 Å². The van der Waals surface area contributed by atoms with E-state index in [1.54, 1.807) is 0 Å². The minimum absolute atomic E-state index is 0.490. The first-order valence-corrected chi connectivity index (χ1v) is 7.72. The molecule has 0 amide bonds. The summed E-state index contributed by atoms with van der Waals surface area (Å²) in [4.78, 5) is 4.59. The summed E-state index contributed by atoms with van der Waals surface area (Å²) in [6, 6.07) is 0. The van der Waals surface area contributed by atoms with Crippen LogP contribution >= 0.6 is 0 Å². The summed E-state index contributed by atoms with van der Waals surface area (Å²) in [5, 5.41) is 3.47. The van der Waals surface area contributed by atoms with E-state index in [0.717, 1.165) is 38.1 Å². The van der Waals surface area contributed by atoms with Crippen molar-refractivity contribution in [2.24, 2.45) is 11.8 Å². The second-order valence-corrected chi connectivity index (χ2v) is 6.48. The van der Waals surface area contributed by atoms with Crippen LogP contribution < -0.4 is 5.32 Å². The number of hydrogen-bond acceptors (Lipinski definition) is 3. The number of hydrogen-bond donors (Lipinski definition) is 1. The molecule has 4 heteroatoms. The maximum absolute atomic E-state index is 5.92. The summed E-state index contributed by atoms with van der Waals surface area (Å²) < 4.78 is 8.32. The molecule has 1 aromatic rings. The monoisotopic (exact) mass is 261 g/mol. The molecule has 104 valence electrons. The van der Waals surface area contributed by atoms with Crippen molar-refractivity contribution in [3.8, 4) is 0 Å². The fourth-order valence-corrected chi connectivity index (χ4v) is 3.02. The van der Waals surface area contributed by atoms with Gasteiger partial charge < -0.3 is 14.6 Å². The van der Waals surface area contributed by atoms with Gasteiger partial charge in [0.05, 0.1) is 18.6 Å². The van der Waals surface area contributed by atoms with Crippen LogP contribution in [0.2, 0.25) is 0 Å². The molecular formula is C15H23N3O. The largest absolute Gasteiger partial charge is 0.380 e. The molecule has 1 N–H and O–H groups in total. The summed E-state index contributed by atoms with van der Waals surface area (Å²) in [7, 11) is 0. The van der Waals surface area contributed by atoms with Gasteiger partial charge in [-0.25, -0.2) is 4.98 Å². The van der Waals surface area contributed by atoms with Gasteiger partial charge >= 0.3 is 0 Å². The number of nitrogens with zero attached hydrogens (tertiary/aromatic N) is 2. The molecule has 2 heterocycles. The van der Waals surface area contributed by atoms with Crippen LogP contribution in [0.5, 0.6) is 0 Å². The molecule has 2 aliphatic carbocycles. The molecule has 2 saturated carbocycles. The average Bonchev–Trinajstić information content (AvgIpc) is 3.31. The Bertz CT molecular complexity index is 448. The van der Waals surface area contributed by atoms with Crippen LogP contribution in [0.4, 0.5) is 0 Å². The van der Waals surface area contributed by atoms with Gasteiger partial charge in [0.25, 0.3) is 0 Å². The Kier molecular flexibility index (Phi) is 3.08. The lowest BCUT2D eigenvalue weighted by atomic mass is 10.0. The third-order valence-electron chi connectivity index (χ3n) is 4.55. The van der Waals surface area contributed by atoms with E-state index in [1.807, 2.05) is 6.33 Å². The predicted octanol–water partition coefficient (Wildman–Crippen LogP) is 1.91. The number of nitrogens with one attached hydrogen (secondary N) is 1. The van der Waals surface area contributed by atoms with Crippen LogP contribution in [0.1, 0.15) is 43.0 Å². The van der Waals surface area contributed by atoms with E-state index in [1.165, 1.54) is 43.6 Å². The minimum Gasteiger partial charge on any atom is -0.380 e. The first-order chi connectivity index (χ1) is 9.40. The zero-order chi connectivity index (χ0) is 12.7. The molecular weight excluding hydrogens is 238 g/mol. The van der Waals surface area contributed by atoms with Crippen molar-refractivity contribution in [3.63, 3.8) is 0 Å². The molecule has 1 aliphatic heterocycles. The van der Waals surface area contributed by atoms with Crippen molar-refractivity contribution in [1.29, 1.82) is 0 Å². The first kappa shape index (κ1) is 11.9. The number of ether oxygens (including phenoxy) is 1. The Balaban J connectivity index is 1.45. The van der Waals surface area contributed by atoms with E-state index in [4.69, 9.17) is 4.74 Å². The van der Waals surface area contributed by atoms with Gasteiger partial charge in [-0.1, -0.05) is 0 Å². The standard InChI is InChI=1S/C15H23N3O/c1-2-11(1)7-18-10-17-14-6-16-5-13(15(14)18)9-19-8-12-3-4-12/h10-13,16H,1-9H2/t13-/m1/s1. The minimum atomic E-state index is 0.490. The smallest absolute Gasteiger partial charge is 0.0952 e. The molecule has 0 unspecified atom stereocenters. The summed E-state index contributed by atoms with van der Waals surface area (Å²) in [6.45, 7) is 4.94. The Hall–Kier alpha value is -0.870. The lowest BCUT2D eigenvalue weighted by Crippen LogP contribution is -2.32. The molecule has 3 aliphatic rings. The third-order valence-corrected chi connectivity index (χ3v) is 4.55. The van der Waals surface area contributed by atoms with Gasteiger partial charge in [-0.2, -0.15) is 0 Å². The van der Waals surface area contributed by atoms with E-state index in [2.05, 4.69) is 14.9 Å². The molecule has 0 saturated heterocycles. The van der Waals surface area contributed by atoms with E-state index < -0.39 is 0 Å². The summed E-state index contributed by atoms with van der Waals surface area (Å²) in [5.74, 6) is 2.25. The Morgan fingerprint density at radius 1 is 1.21 bits per heavy atom. The molecule has 19 heavy (non-hydrogen) atoms. The van der Waals surface area contributed by atoms with E-state index >= 15 is 0 Å². The van der Waals surface area contributed by atoms with Crippen LogP contribution in [-0.4, -0.2) is 29.3 Å². The lowest BCUT2D eigenvalue weighted by Gasteiger charge is -2.25. The van der Waals surface area contributed by atoms with Gasteiger partial charge in [-0.15, -0.1) is 0 Å². The predicted molar refractivity (Wildman–Crippen MR) is 72.9 cm³/mol. The highest BCUT2D eigenvalue weighted by molar-refractivity contribution is 5.22. The van der Waals surface area contributed by atoms with Crippen molar-refractivity contribution in [2.75, 3.05) is 19.8 Å². The zero-order valence-electron chi connectivity index (χ0n) is 11.5. The highest BCUT2D eigenvalue weighted by Crippen LogP contribution is 2.33. The van der Waals surface area contributed by atoms with Gasteiger partial charge in [-0.05, 0) is 37.5 Å². The number of imidazole rings is 1. The number of aromatic nitrogens is 2. The Morgan fingerprint density at radius 3 is 2.84 bits per heavy atom. The maximum Gasteiger partial charge on any atom is 0.0952 e. The molecule has 1 atom stereocenters. The topological polar surface area (TPSA) is 39.1 Å². The normalized spacial score (nSPS) is 26.4. The summed E-state index contributed by atoms with van der Waals surface area (Å²) >= 11 is 0. The second-order valence-electron chi connectivity index (χ2n) is 6.48. The zero-order valence-corrected chi connectivity index (χ0v) is 11.5. The van der Waals surface area contributed by atoms with Gasteiger partial charge in [0.2, 0.25) is 0 Å². The van der Waals surface area contributed by atoms with Crippen LogP contribution in [0.25, 0.3) is 0 Å². The molecule has 0 radical (unpaired) electrons. The van der Waals surface area contributed by atoms with Gasteiger partial charge in [0, 0.05) is 37.9 Å². The third kappa shape index (κ3) is 2.70. The Morgan fingerprint density at radius 2 is 2.05 bits per heavy atom. The van der Waals surface area contributed by atoms with Gasteiger partial charge in [0.1, 0.15) is 0 Å². The Labute approximate surface area is 114 Å². The number of rotatable bonds is 6. The van der Waals surface area contributed by atoms with Gasteiger partial charge in [-0.3, -0.25) is 0 Å². The first-order valence-electron chi connectivity index (χ1n) is 7.72. The maximum atomic E-state index is 5.92. The second kappa shape index (κ2) is 4.91. The lowest BCUT2D eigenvalue weighted by molar-refractivity contribution is 0.106. The average molecular weight is 261 g/mol. The molecule has 4 nitrogen and oxygen atoms in total. The number of fused-ring (bicyclic) bond motifs is 1. The van der Waals surface area contributed by atoms with Crippen molar-refractivity contribution in [1.82, 2.24) is 14.9 Å². The van der Waals surface area contributed by atoms with E-state index in [-0.39, 0.29) is 0 Å². The van der Waals surface area contributed by atoms with Gasteiger partial charge in [0.15, 0.2) is 0 Å². The van der Waals surface area contributed by atoms with Crippen molar-refractivity contribution in [2.45, 2.75) is 44.7 Å². The molecule has 0 aromatic carbocycles. The van der Waals surface area contributed by atoms with Crippen LogP contribution in [0.3, 0.4) is 0 Å². The van der Waals surface area contributed by atoms with E-state index in [0.29, 0.717) is 5.92 Å². The molecule has 2 fully saturated rings. The molecule has 0 spiro atoms. The fourth-order valence-electron chi connectivity index (χ4n) is 3.02. The quantitative estimate of drug-likeness (QED) is 0.850. The van der Waals surface area contributed by atoms with Crippen molar-refractivity contribution >= 4 is 0 Å². The molecule has 0 bridgehead atoms. The van der Waals surface area contributed by atoms with Crippen LogP contribution in [0.15, 0.2) is 6.33 Å². The highest BCUT2D eigenvalue weighted by Gasteiger charge is 2.29. The van der Waals surface area contributed by atoms with Crippen molar-refractivity contribution < 1.29 is 4.74 Å². The van der Waals surface area contributed by atoms with Crippen LogP contribution in [-0.2, 0) is 17.8 Å². The summed E-state index contributed by atoms with van der Waals surface area (Å²) in [5.41, 5.74) is 2.69. The fraction of sp³-hybridized carbons (Fsp3) is 0.800.